The van der Waals surface area contributed by atoms with Gasteiger partial charge in [-0.05, 0) is 30.7 Å². The van der Waals surface area contributed by atoms with E-state index in [1.807, 2.05) is 55.3 Å². The lowest BCUT2D eigenvalue weighted by Gasteiger charge is -2.24. The topological polar surface area (TPSA) is 61.8 Å². The first-order chi connectivity index (χ1) is 9.56. The zero-order chi connectivity index (χ0) is 14.7. The molecule has 5 heteroatoms. The van der Waals surface area contributed by atoms with Crippen molar-refractivity contribution in [2.45, 2.75) is 6.92 Å². The first-order valence-electron chi connectivity index (χ1n) is 6.12. The number of anilines is 2. The minimum Gasteiger partial charge on any atom is -0.409 e. The summed E-state index contributed by atoms with van der Waals surface area (Å²) in [6.07, 6.45) is 0. The summed E-state index contributed by atoms with van der Waals surface area (Å²) in [5.74, 6) is -0.00830. The molecule has 0 aliphatic rings. The van der Waals surface area contributed by atoms with Gasteiger partial charge >= 0.3 is 0 Å². The molecule has 2 rings (SSSR count). The zero-order valence-corrected chi connectivity index (χ0v) is 12.1. The largest absolute Gasteiger partial charge is 0.409 e. The number of halogens is 1. The maximum absolute atomic E-state index is 8.93. The summed E-state index contributed by atoms with van der Waals surface area (Å²) in [7, 11) is 1.92. The van der Waals surface area contributed by atoms with Crippen molar-refractivity contribution in [1.29, 1.82) is 0 Å². The number of nitrogens with two attached hydrogens (primary N) is 1. The van der Waals surface area contributed by atoms with Crippen LogP contribution in [0.4, 0.5) is 11.4 Å². The van der Waals surface area contributed by atoms with Crippen LogP contribution in [0.15, 0.2) is 47.6 Å². The van der Waals surface area contributed by atoms with Crippen molar-refractivity contribution in [3.63, 3.8) is 0 Å². The van der Waals surface area contributed by atoms with E-state index >= 15 is 0 Å². The predicted octanol–water partition coefficient (Wildman–Crippen LogP) is 3.51. The van der Waals surface area contributed by atoms with Crippen molar-refractivity contribution >= 4 is 28.8 Å². The number of hydrogen-bond acceptors (Lipinski definition) is 3. The second kappa shape index (κ2) is 5.84. The van der Waals surface area contributed by atoms with Crippen LogP contribution in [0.2, 0.25) is 5.02 Å². The molecule has 20 heavy (non-hydrogen) atoms. The highest BCUT2D eigenvalue weighted by Crippen LogP contribution is 2.32. The molecule has 0 fully saturated rings. The van der Waals surface area contributed by atoms with E-state index in [0.717, 1.165) is 16.9 Å². The molecule has 0 bridgehead atoms. The van der Waals surface area contributed by atoms with Crippen LogP contribution < -0.4 is 10.6 Å². The van der Waals surface area contributed by atoms with Gasteiger partial charge in [-0.15, -0.1) is 0 Å². The summed E-state index contributed by atoms with van der Waals surface area (Å²) in [5.41, 5.74) is 9.19. The van der Waals surface area contributed by atoms with E-state index in [2.05, 4.69) is 5.16 Å². The minimum atomic E-state index is -0.00830. The van der Waals surface area contributed by atoms with Crippen LogP contribution >= 0.6 is 11.6 Å². The second-order valence-electron chi connectivity index (χ2n) is 4.46. The van der Waals surface area contributed by atoms with E-state index in [1.54, 1.807) is 6.07 Å². The molecule has 0 saturated carbocycles. The summed E-state index contributed by atoms with van der Waals surface area (Å²) in [5, 5.41) is 12.4. The molecule has 4 nitrogen and oxygen atoms in total. The van der Waals surface area contributed by atoms with Crippen LogP contribution in [-0.4, -0.2) is 18.1 Å². The Morgan fingerprint density at radius 2 is 1.80 bits per heavy atom. The molecule has 0 atom stereocenters. The summed E-state index contributed by atoms with van der Waals surface area (Å²) < 4.78 is 0. The van der Waals surface area contributed by atoms with Gasteiger partial charge in [-0.1, -0.05) is 41.0 Å². The molecule has 0 aliphatic carbocycles. The lowest BCUT2D eigenvalue weighted by Crippen LogP contribution is -2.20. The van der Waals surface area contributed by atoms with Crippen molar-refractivity contribution in [1.82, 2.24) is 0 Å². The summed E-state index contributed by atoms with van der Waals surface area (Å²) in [6.45, 7) is 2.03. The first-order valence-corrected chi connectivity index (χ1v) is 6.50. The quantitative estimate of drug-likeness (QED) is 0.393. The first kappa shape index (κ1) is 14.2. The highest BCUT2D eigenvalue weighted by molar-refractivity contribution is 6.35. The molecule has 104 valence electrons. The van der Waals surface area contributed by atoms with Gasteiger partial charge < -0.3 is 15.8 Å². The molecule has 0 amide bonds. The highest BCUT2D eigenvalue weighted by Gasteiger charge is 2.16. The van der Waals surface area contributed by atoms with Crippen LogP contribution in [0.25, 0.3) is 0 Å². The normalized spacial score (nSPS) is 11.4. The minimum absolute atomic E-state index is 0.00830. The Balaban J connectivity index is 2.59. The highest BCUT2D eigenvalue weighted by atomic mass is 35.5. The fourth-order valence-corrected chi connectivity index (χ4v) is 2.43. The molecule has 2 aromatic rings. The van der Waals surface area contributed by atoms with Crippen molar-refractivity contribution in [3.8, 4) is 0 Å². The Morgan fingerprint density at radius 1 is 1.15 bits per heavy atom. The molecular weight excluding hydrogens is 274 g/mol. The third-order valence-electron chi connectivity index (χ3n) is 3.19. The number of oxime groups is 1. The van der Waals surface area contributed by atoms with Crippen molar-refractivity contribution in [3.05, 3.63) is 58.6 Å². The third kappa shape index (κ3) is 2.56. The van der Waals surface area contributed by atoms with Gasteiger partial charge in [0.15, 0.2) is 5.84 Å². The number of amidine groups is 1. The Bertz CT molecular complexity index is 655. The van der Waals surface area contributed by atoms with Crippen molar-refractivity contribution in [2.75, 3.05) is 11.9 Å². The van der Waals surface area contributed by atoms with Crippen molar-refractivity contribution in [2.24, 2.45) is 10.9 Å². The van der Waals surface area contributed by atoms with Gasteiger partial charge in [0.1, 0.15) is 0 Å². The van der Waals surface area contributed by atoms with E-state index in [1.165, 1.54) is 0 Å². The molecular formula is C15H16ClN3O. The van der Waals surface area contributed by atoms with Gasteiger partial charge in [0.2, 0.25) is 0 Å². The second-order valence-corrected chi connectivity index (χ2v) is 4.87. The standard InChI is InChI=1S/C15H16ClN3O/c1-10-6-3-4-8-12(10)19(2)13-9-5-7-11(16)14(13)15(17)18-20/h3-9,20H,1-2H3,(H2,17,18). The zero-order valence-electron chi connectivity index (χ0n) is 11.3. The maximum atomic E-state index is 8.93. The summed E-state index contributed by atoms with van der Waals surface area (Å²) >= 11 is 6.18. The average molecular weight is 290 g/mol. The van der Waals surface area contributed by atoms with E-state index in [-0.39, 0.29) is 5.84 Å². The number of hydrogen-bond donors (Lipinski definition) is 2. The molecule has 2 aromatic carbocycles. The number of nitrogens with zero attached hydrogens (tertiary/aromatic N) is 2. The lowest BCUT2D eigenvalue weighted by atomic mass is 10.1. The average Bonchev–Trinajstić information content (AvgIpc) is 2.46. The van der Waals surface area contributed by atoms with E-state index in [4.69, 9.17) is 22.5 Å². The SMILES string of the molecule is Cc1ccccc1N(C)c1cccc(Cl)c1C(N)=NO. The molecule has 0 spiro atoms. The predicted molar refractivity (Wildman–Crippen MR) is 83.2 cm³/mol. The Hall–Kier alpha value is -2.20. The van der Waals surface area contributed by atoms with Gasteiger partial charge in [-0.25, -0.2) is 0 Å². The Kier molecular flexibility index (Phi) is 4.15. The van der Waals surface area contributed by atoms with Crippen LogP contribution in [0.1, 0.15) is 11.1 Å². The summed E-state index contributed by atoms with van der Waals surface area (Å²) in [4.78, 5) is 1.97. The van der Waals surface area contributed by atoms with Crippen LogP contribution in [0.3, 0.4) is 0 Å². The number of benzene rings is 2. The van der Waals surface area contributed by atoms with Crippen LogP contribution in [0, 0.1) is 6.92 Å². The van der Waals surface area contributed by atoms with E-state index < -0.39 is 0 Å². The molecule has 0 aromatic heterocycles. The fourth-order valence-electron chi connectivity index (χ4n) is 2.17. The van der Waals surface area contributed by atoms with Gasteiger partial charge in [0, 0.05) is 12.7 Å². The number of aryl methyl sites for hydroxylation is 1. The molecule has 0 heterocycles. The molecule has 0 saturated heterocycles. The number of rotatable bonds is 3. The lowest BCUT2D eigenvalue weighted by molar-refractivity contribution is 0.318. The van der Waals surface area contributed by atoms with E-state index in [0.29, 0.717) is 10.6 Å². The fraction of sp³-hybridized carbons (Fsp3) is 0.133. The molecule has 0 aliphatic heterocycles. The van der Waals surface area contributed by atoms with Crippen LogP contribution in [-0.2, 0) is 0 Å². The maximum Gasteiger partial charge on any atom is 0.173 e. The van der Waals surface area contributed by atoms with Crippen LogP contribution in [0.5, 0.6) is 0 Å². The third-order valence-corrected chi connectivity index (χ3v) is 3.51. The Morgan fingerprint density at radius 3 is 2.45 bits per heavy atom. The van der Waals surface area contributed by atoms with Gasteiger partial charge in [0.05, 0.1) is 16.3 Å². The van der Waals surface area contributed by atoms with Gasteiger partial charge in [-0.2, -0.15) is 0 Å². The monoisotopic (exact) mass is 289 g/mol. The molecule has 0 unspecified atom stereocenters. The molecule has 3 N–H and O–H groups in total. The number of para-hydroxylation sites is 1. The van der Waals surface area contributed by atoms with Gasteiger partial charge in [0.25, 0.3) is 0 Å². The Labute approximate surface area is 123 Å². The van der Waals surface area contributed by atoms with E-state index in [9.17, 15) is 0 Å². The van der Waals surface area contributed by atoms with Gasteiger partial charge in [-0.3, -0.25) is 0 Å². The molecule has 0 radical (unpaired) electrons. The summed E-state index contributed by atoms with van der Waals surface area (Å²) in [6, 6.07) is 13.4. The smallest absolute Gasteiger partial charge is 0.173 e. The van der Waals surface area contributed by atoms with Crippen molar-refractivity contribution < 1.29 is 5.21 Å².